The number of carbonyl (C=O) groups excluding carboxylic acids is 1. The highest BCUT2D eigenvalue weighted by molar-refractivity contribution is 7.89. The number of nitrogens with one attached hydrogen (secondary N) is 1. The minimum atomic E-state index is -3.64. The number of anilines is 1. The summed E-state index contributed by atoms with van der Waals surface area (Å²) >= 11 is 0. The van der Waals surface area contributed by atoms with E-state index in [1.807, 2.05) is 0 Å². The Morgan fingerprint density at radius 2 is 1.88 bits per heavy atom. The zero-order valence-electron chi connectivity index (χ0n) is 14.8. The Hall–Kier alpha value is -2.45. The van der Waals surface area contributed by atoms with E-state index in [9.17, 15) is 17.6 Å². The van der Waals surface area contributed by atoms with E-state index in [2.05, 4.69) is 5.32 Å². The molecule has 0 radical (unpaired) electrons. The fourth-order valence-electron chi connectivity index (χ4n) is 2.32. The third kappa shape index (κ3) is 4.59. The molecular weight excluding hydrogens is 359 g/mol. The van der Waals surface area contributed by atoms with E-state index in [1.54, 1.807) is 18.2 Å². The van der Waals surface area contributed by atoms with Crippen LogP contribution in [0, 0.1) is 5.82 Å². The van der Waals surface area contributed by atoms with Crippen molar-refractivity contribution in [2.75, 3.05) is 26.5 Å². The predicted molar refractivity (Wildman–Crippen MR) is 97.2 cm³/mol. The molecule has 0 saturated heterocycles. The second-order valence-corrected chi connectivity index (χ2v) is 7.94. The average molecular weight is 380 g/mol. The topological polar surface area (TPSA) is 75.7 Å². The van der Waals surface area contributed by atoms with Crippen molar-refractivity contribution in [1.29, 1.82) is 0 Å². The van der Waals surface area contributed by atoms with Crippen molar-refractivity contribution in [3.8, 4) is 5.75 Å². The molecule has 0 saturated carbocycles. The second kappa shape index (κ2) is 8.29. The van der Waals surface area contributed by atoms with Crippen LogP contribution in [0.1, 0.15) is 12.0 Å². The number of hydrogen-bond donors (Lipinski definition) is 1. The molecule has 2 aromatic carbocycles. The summed E-state index contributed by atoms with van der Waals surface area (Å²) in [5.41, 5.74) is 0.688. The number of halogens is 1. The number of aryl methyl sites for hydroxylation is 1. The summed E-state index contributed by atoms with van der Waals surface area (Å²) in [4.78, 5) is 12.2. The molecule has 140 valence electrons. The van der Waals surface area contributed by atoms with Gasteiger partial charge in [0.05, 0.1) is 17.7 Å². The lowest BCUT2D eigenvalue weighted by atomic mass is 10.1. The smallest absolute Gasteiger partial charge is 0.242 e. The Balaban J connectivity index is 2.17. The molecule has 0 unspecified atom stereocenters. The highest BCUT2D eigenvalue weighted by atomic mass is 32.2. The number of rotatable bonds is 7. The summed E-state index contributed by atoms with van der Waals surface area (Å²) in [6, 6.07) is 10.5. The van der Waals surface area contributed by atoms with Gasteiger partial charge in [-0.05, 0) is 36.2 Å². The number of benzene rings is 2. The largest absolute Gasteiger partial charge is 0.495 e. The molecule has 1 N–H and O–H groups in total. The summed E-state index contributed by atoms with van der Waals surface area (Å²) < 4.78 is 44.4. The lowest BCUT2D eigenvalue weighted by Gasteiger charge is -2.15. The zero-order chi connectivity index (χ0) is 19.3. The first-order valence-electron chi connectivity index (χ1n) is 7.89. The first-order chi connectivity index (χ1) is 12.3. The normalized spacial score (nSPS) is 11.4. The first-order valence-corrected chi connectivity index (χ1v) is 9.33. The minimum Gasteiger partial charge on any atom is -0.495 e. The van der Waals surface area contributed by atoms with Gasteiger partial charge in [0.1, 0.15) is 11.6 Å². The maximum Gasteiger partial charge on any atom is 0.242 e. The second-order valence-electron chi connectivity index (χ2n) is 5.79. The quantitative estimate of drug-likeness (QED) is 0.801. The summed E-state index contributed by atoms with van der Waals surface area (Å²) in [7, 11) is 0.623. The molecule has 0 bridgehead atoms. The van der Waals surface area contributed by atoms with Gasteiger partial charge in [-0.25, -0.2) is 17.1 Å². The standard InChI is InChI=1S/C18H21FN2O4S/c1-21(2)26(23,24)14-9-10-17(25-3)16(12-14)20-18(22)11-8-13-6-4-5-7-15(13)19/h4-7,9-10,12H,8,11H2,1-3H3,(H,20,22). The SMILES string of the molecule is COc1ccc(S(=O)(=O)N(C)C)cc1NC(=O)CCc1ccccc1F. The van der Waals surface area contributed by atoms with E-state index in [-0.39, 0.29) is 35.1 Å². The van der Waals surface area contributed by atoms with Crippen molar-refractivity contribution < 1.29 is 22.3 Å². The molecule has 0 aliphatic carbocycles. The van der Waals surface area contributed by atoms with Gasteiger partial charge >= 0.3 is 0 Å². The molecule has 1 amide bonds. The molecule has 0 atom stereocenters. The minimum absolute atomic E-state index is 0.0349. The Labute approximate surface area is 152 Å². The van der Waals surface area contributed by atoms with Crippen LogP contribution in [-0.4, -0.2) is 39.8 Å². The first kappa shape index (κ1) is 19.9. The van der Waals surface area contributed by atoms with Gasteiger partial charge in [0.25, 0.3) is 0 Å². The molecule has 0 spiro atoms. The molecule has 8 heteroatoms. The van der Waals surface area contributed by atoms with E-state index < -0.39 is 10.0 Å². The Morgan fingerprint density at radius 3 is 2.50 bits per heavy atom. The van der Waals surface area contributed by atoms with Gasteiger partial charge in [0.2, 0.25) is 15.9 Å². The Bertz CT molecular complexity index is 898. The van der Waals surface area contributed by atoms with Crippen LogP contribution in [0.25, 0.3) is 0 Å². The number of nitrogens with zero attached hydrogens (tertiary/aromatic N) is 1. The molecular formula is C18H21FN2O4S. The third-order valence-electron chi connectivity index (χ3n) is 3.80. The summed E-state index contributed by atoms with van der Waals surface area (Å²) in [6.07, 6.45) is 0.283. The summed E-state index contributed by atoms with van der Waals surface area (Å²) in [5.74, 6) is -0.398. The third-order valence-corrected chi connectivity index (χ3v) is 5.61. The number of amides is 1. The van der Waals surface area contributed by atoms with Crippen LogP contribution in [0.15, 0.2) is 47.4 Å². The molecule has 0 aromatic heterocycles. The fraction of sp³-hybridized carbons (Fsp3) is 0.278. The van der Waals surface area contributed by atoms with Crippen LogP contribution in [0.5, 0.6) is 5.75 Å². The van der Waals surface area contributed by atoms with E-state index >= 15 is 0 Å². The van der Waals surface area contributed by atoms with Crippen molar-refractivity contribution in [1.82, 2.24) is 4.31 Å². The van der Waals surface area contributed by atoms with Crippen molar-refractivity contribution in [3.05, 3.63) is 53.8 Å². The summed E-state index contributed by atoms with van der Waals surface area (Å²) in [5, 5.41) is 2.63. The van der Waals surface area contributed by atoms with Crippen LogP contribution in [-0.2, 0) is 21.2 Å². The van der Waals surface area contributed by atoms with Crippen molar-refractivity contribution in [3.63, 3.8) is 0 Å². The van der Waals surface area contributed by atoms with E-state index in [4.69, 9.17) is 4.74 Å². The number of carbonyl (C=O) groups is 1. The molecule has 0 heterocycles. The Kier molecular flexibility index (Phi) is 6.33. The molecule has 2 rings (SSSR count). The molecule has 6 nitrogen and oxygen atoms in total. The van der Waals surface area contributed by atoms with Gasteiger partial charge in [0, 0.05) is 20.5 Å². The van der Waals surface area contributed by atoms with Crippen molar-refractivity contribution in [2.24, 2.45) is 0 Å². The van der Waals surface area contributed by atoms with Crippen molar-refractivity contribution >= 4 is 21.6 Å². The number of sulfonamides is 1. The van der Waals surface area contributed by atoms with Crippen LogP contribution in [0.2, 0.25) is 0 Å². The van der Waals surface area contributed by atoms with Gasteiger partial charge in [-0.15, -0.1) is 0 Å². The van der Waals surface area contributed by atoms with Gasteiger partial charge in [0.15, 0.2) is 0 Å². The highest BCUT2D eigenvalue weighted by Gasteiger charge is 2.20. The van der Waals surface area contributed by atoms with Gasteiger partial charge in [-0.2, -0.15) is 0 Å². The van der Waals surface area contributed by atoms with E-state index in [0.29, 0.717) is 11.3 Å². The van der Waals surface area contributed by atoms with Gasteiger partial charge < -0.3 is 10.1 Å². The maximum atomic E-state index is 13.6. The summed E-state index contributed by atoms with van der Waals surface area (Å²) in [6.45, 7) is 0. The number of methoxy groups -OCH3 is 1. The van der Waals surface area contributed by atoms with Gasteiger partial charge in [-0.3, -0.25) is 4.79 Å². The van der Waals surface area contributed by atoms with Crippen LogP contribution in [0.3, 0.4) is 0 Å². The van der Waals surface area contributed by atoms with Crippen molar-refractivity contribution in [2.45, 2.75) is 17.7 Å². The number of ether oxygens (including phenoxy) is 1. The maximum absolute atomic E-state index is 13.6. The van der Waals surface area contributed by atoms with Gasteiger partial charge in [-0.1, -0.05) is 18.2 Å². The lowest BCUT2D eigenvalue weighted by Crippen LogP contribution is -2.22. The van der Waals surface area contributed by atoms with E-state index in [1.165, 1.54) is 45.5 Å². The molecule has 26 heavy (non-hydrogen) atoms. The van der Waals surface area contributed by atoms with Crippen LogP contribution in [0.4, 0.5) is 10.1 Å². The zero-order valence-corrected chi connectivity index (χ0v) is 15.6. The molecule has 0 aliphatic rings. The highest BCUT2D eigenvalue weighted by Crippen LogP contribution is 2.28. The molecule has 0 fully saturated rings. The average Bonchev–Trinajstić information content (AvgIpc) is 2.60. The monoisotopic (exact) mass is 380 g/mol. The molecule has 0 aliphatic heterocycles. The lowest BCUT2D eigenvalue weighted by molar-refractivity contribution is -0.116. The van der Waals surface area contributed by atoms with Crippen LogP contribution < -0.4 is 10.1 Å². The fourth-order valence-corrected chi connectivity index (χ4v) is 3.25. The number of hydrogen-bond acceptors (Lipinski definition) is 4. The van der Waals surface area contributed by atoms with E-state index in [0.717, 1.165) is 4.31 Å². The predicted octanol–water partition coefficient (Wildman–Crippen LogP) is 2.66. The van der Waals surface area contributed by atoms with Crippen LogP contribution >= 0.6 is 0 Å². The molecule has 2 aromatic rings. The Morgan fingerprint density at radius 1 is 1.19 bits per heavy atom.